The van der Waals surface area contributed by atoms with Gasteiger partial charge in [-0.15, -0.1) is 0 Å². The van der Waals surface area contributed by atoms with Crippen molar-refractivity contribution >= 4 is 0 Å². The average molecular weight is 206 g/mol. The lowest BCUT2D eigenvalue weighted by molar-refractivity contribution is 0.190. The molecule has 0 aliphatic rings. The average Bonchev–Trinajstić information content (AvgIpc) is 2.18. The van der Waals surface area contributed by atoms with Crippen molar-refractivity contribution < 1.29 is 17.9 Å². The van der Waals surface area contributed by atoms with Gasteiger partial charge in [-0.2, -0.15) is 0 Å². The van der Waals surface area contributed by atoms with Crippen LogP contribution in [0.3, 0.4) is 0 Å². The van der Waals surface area contributed by atoms with Gasteiger partial charge >= 0.3 is 0 Å². The van der Waals surface area contributed by atoms with Crippen LogP contribution in [-0.4, -0.2) is 6.86 Å². The van der Waals surface area contributed by atoms with Crippen LogP contribution in [0.1, 0.15) is 19.4 Å². The van der Waals surface area contributed by atoms with Gasteiger partial charge in [-0.3, -0.25) is 0 Å². The Bertz CT molecular complexity index is 264. The van der Waals surface area contributed by atoms with Crippen LogP contribution in [0, 0.1) is 18.6 Å². The molecule has 1 aromatic carbocycles. The van der Waals surface area contributed by atoms with Crippen LogP contribution < -0.4 is 4.74 Å². The molecule has 0 radical (unpaired) electrons. The number of rotatable bonds is 2. The molecule has 0 aromatic heterocycles. The maximum atomic E-state index is 12.7. The van der Waals surface area contributed by atoms with E-state index in [2.05, 4.69) is 4.74 Å². The molecule has 0 unspecified atom stereocenters. The number of alkyl halides is 1. The molecule has 0 amide bonds. The van der Waals surface area contributed by atoms with Gasteiger partial charge in [0.1, 0.15) is 17.4 Å². The number of ether oxygens (including phenoxy) is 1. The monoisotopic (exact) mass is 206 g/mol. The standard InChI is InChI=1S/C8H7F3O.C2H6/c1-5-7(10)2-6(12-4-9)3-8(5)11;1-2/h2-3H,4H2,1H3;1-2H3. The Morgan fingerprint density at radius 2 is 1.57 bits per heavy atom. The highest BCUT2D eigenvalue weighted by molar-refractivity contribution is 5.29. The summed E-state index contributed by atoms with van der Waals surface area (Å²) in [6, 6.07) is 1.88. The summed E-state index contributed by atoms with van der Waals surface area (Å²) in [4.78, 5) is 0. The SMILES string of the molecule is CC.Cc1c(F)cc(OCF)cc1F. The lowest BCUT2D eigenvalue weighted by Crippen LogP contribution is -1.94. The largest absolute Gasteiger partial charge is 0.463 e. The van der Waals surface area contributed by atoms with E-state index < -0.39 is 18.5 Å². The van der Waals surface area contributed by atoms with Crippen LogP contribution in [0.5, 0.6) is 5.75 Å². The highest BCUT2D eigenvalue weighted by Gasteiger charge is 2.06. The minimum Gasteiger partial charge on any atom is -0.463 e. The second kappa shape index (κ2) is 6.29. The summed E-state index contributed by atoms with van der Waals surface area (Å²) in [5.41, 5.74) is -0.0961. The Labute approximate surface area is 81.5 Å². The molecule has 0 aliphatic carbocycles. The molecule has 1 nitrogen and oxygen atoms in total. The zero-order valence-electron chi connectivity index (χ0n) is 8.40. The Kier molecular flexibility index (Phi) is 5.76. The van der Waals surface area contributed by atoms with Crippen LogP contribution in [0.2, 0.25) is 0 Å². The lowest BCUT2D eigenvalue weighted by atomic mass is 10.2. The van der Waals surface area contributed by atoms with Crippen molar-refractivity contribution in [3.63, 3.8) is 0 Å². The summed E-state index contributed by atoms with van der Waals surface area (Å²) in [6.07, 6.45) is 0. The smallest absolute Gasteiger partial charge is 0.228 e. The number of benzene rings is 1. The van der Waals surface area contributed by atoms with Crippen LogP contribution in [0.4, 0.5) is 13.2 Å². The van der Waals surface area contributed by atoms with E-state index in [4.69, 9.17) is 0 Å². The molecule has 14 heavy (non-hydrogen) atoms. The summed E-state index contributed by atoms with van der Waals surface area (Å²) in [7, 11) is 0. The minimum atomic E-state index is -1.10. The molecule has 0 spiro atoms. The Balaban J connectivity index is 0.000000791. The molecule has 0 fully saturated rings. The predicted octanol–water partition coefficient (Wildman–Crippen LogP) is 3.61. The van der Waals surface area contributed by atoms with Gasteiger partial charge in [0.2, 0.25) is 6.86 Å². The fourth-order valence-corrected chi connectivity index (χ4v) is 0.768. The van der Waals surface area contributed by atoms with Crippen molar-refractivity contribution in [2.75, 3.05) is 6.86 Å². The summed E-state index contributed by atoms with van der Waals surface area (Å²) in [5, 5.41) is 0. The zero-order chi connectivity index (χ0) is 11.1. The van der Waals surface area contributed by atoms with Crippen molar-refractivity contribution in [1.82, 2.24) is 0 Å². The van der Waals surface area contributed by atoms with Crippen molar-refractivity contribution in [2.24, 2.45) is 0 Å². The van der Waals surface area contributed by atoms with E-state index in [0.717, 1.165) is 12.1 Å². The molecule has 0 aliphatic heterocycles. The first-order valence-corrected chi connectivity index (χ1v) is 4.29. The van der Waals surface area contributed by atoms with Crippen LogP contribution in [-0.2, 0) is 0 Å². The van der Waals surface area contributed by atoms with Gasteiger partial charge in [0.05, 0.1) is 0 Å². The van der Waals surface area contributed by atoms with E-state index in [1.165, 1.54) is 6.92 Å². The van der Waals surface area contributed by atoms with E-state index in [0.29, 0.717) is 0 Å². The third kappa shape index (κ3) is 3.28. The van der Waals surface area contributed by atoms with Crippen molar-refractivity contribution in [3.8, 4) is 5.75 Å². The maximum absolute atomic E-state index is 12.7. The topological polar surface area (TPSA) is 9.23 Å². The zero-order valence-corrected chi connectivity index (χ0v) is 8.40. The highest BCUT2D eigenvalue weighted by atomic mass is 19.1. The molecule has 0 bridgehead atoms. The van der Waals surface area contributed by atoms with Crippen molar-refractivity contribution in [3.05, 3.63) is 29.3 Å². The van der Waals surface area contributed by atoms with Crippen molar-refractivity contribution in [1.29, 1.82) is 0 Å². The van der Waals surface area contributed by atoms with E-state index in [9.17, 15) is 13.2 Å². The van der Waals surface area contributed by atoms with Crippen LogP contribution in [0.25, 0.3) is 0 Å². The van der Waals surface area contributed by atoms with Gasteiger partial charge in [0, 0.05) is 17.7 Å². The summed E-state index contributed by atoms with van der Waals surface area (Å²) >= 11 is 0. The molecule has 4 heteroatoms. The van der Waals surface area contributed by atoms with E-state index >= 15 is 0 Å². The third-order valence-corrected chi connectivity index (χ3v) is 1.48. The fourth-order valence-electron chi connectivity index (χ4n) is 0.768. The van der Waals surface area contributed by atoms with Gasteiger partial charge in [-0.05, 0) is 6.92 Å². The van der Waals surface area contributed by atoms with Crippen molar-refractivity contribution in [2.45, 2.75) is 20.8 Å². The summed E-state index contributed by atoms with van der Waals surface area (Å²) < 4.78 is 41.3. The Morgan fingerprint density at radius 3 is 1.93 bits per heavy atom. The Morgan fingerprint density at radius 1 is 1.14 bits per heavy atom. The molecule has 0 N–H and O–H groups in total. The molecular weight excluding hydrogens is 193 g/mol. The fraction of sp³-hybridized carbons (Fsp3) is 0.400. The van der Waals surface area contributed by atoms with E-state index in [-0.39, 0.29) is 11.3 Å². The van der Waals surface area contributed by atoms with Crippen LogP contribution in [0.15, 0.2) is 12.1 Å². The van der Waals surface area contributed by atoms with Gasteiger partial charge in [0.25, 0.3) is 0 Å². The molecule has 80 valence electrons. The van der Waals surface area contributed by atoms with Gasteiger partial charge in [0.15, 0.2) is 0 Å². The summed E-state index contributed by atoms with van der Waals surface area (Å²) in [5.74, 6) is -1.62. The first-order chi connectivity index (χ1) is 6.65. The first kappa shape index (κ1) is 12.8. The number of hydrogen-bond acceptors (Lipinski definition) is 1. The lowest BCUT2D eigenvalue weighted by Gasteiger charge is -2.03. The molecule has 0 saturated heterocycles. The maximum Gasteiger partial charge on any atom is 0.228 e. The second-order valence-electron chi connectivity index (χ2n) is 2.27. The molecule has 1 aromatic rings. The van der Waals surface area contributed by atoms with E-state index in [1.54, 1.807) is 0 Å². The second-order valence-corrected chi connectivity index (χ2v) is 2.27. The molecule has 0 heterocycles. The molecule has 0 saturated carbocycles. The van der Waals surface area contributed by atoms with Gasteiger partial charge in [-0.25, -0.2) is 13.2 Å². The quantitative estimate of drug-likeness (QED) is 0.718. The van der Waals surface area contributed by atoms with E-state index in [1.807, 2.05) is 13.8 Å². The molecule has 1 rings (SSSR count). The highest BCUT2D eigenvalue weighted by Crippen LogP contribution is 2.19. The number of halogens is 3. The molecule has 0 atom stereocenters. The van der Waals surface area contributed by atoms with Gasteiger partial charge < -0.3 is 4.74 Å². The summed E-state index contributed by atoms with van der Waals surface area (Å²) in [6.45, 7) is 4.20. The minimum absolute atomic E-state index is 0.0961. The first-order valence-electron chi connectivity index (χ1n) is 4.29. The number of hydrogen-bond donors (Lipinski definition) is 0. The molecular formula is C10H13F3O. The normalized spacial score (nSPS) is 9.00. The third-order valence-electron chi connectivity index (χ3n) is 1.48. The van der Waals surface area contributed by atoms with Gasteiger partial charge in [-0.1, -0.05) is 13.8 Å². The predicted molar refractivity (Wildman–Crippen MR) is 49.0 cm³/mol. The Hall–Kier alpha value is -1.19. The van der Waals surface area contributed by atoms with Crippen LogP contribution >= 0.6 is 0 Å².